The highest BCUT2D eigenvalue weighted by Gasteiger charge is 2.37. The largest absolute Gasteiger partial charge is 0.497 e. The van der Waals surface area contributed by atoms with E-state index in [1.165, 1.54) is 17.0 Å². The fraction of sp³-hybridized carbons (Fsp3) is 0.263. The molecule has 6 nitrogen and oxygen atoms in total. The zero-order chi connectivity index (χ0) is 18.5. The van der Waals surface area contributed by atoms with E-state index in [1.54, 1.807) is 19.2 Å². The van der Waals surface area contributed by atoms with E-state index < -0.39 is 12.1 Å². The van der Waals surface area contributed by atoms with E-state index in [-0.39, 0.29) is 24.9 Å². The molecule has 0 aliphatic carbocycles. The summed E-state index contributed by atoms with van der Waals surface area (Å²) in [5.74, 6) is 0.0839. The van der Waals surface area contributed by atoms with E-state index in [4.69, 9.17) is 9.47 Å². The number of ether oxygens (including phenoxy) is 2. The molecule has 26 heavy (non-hydrogen) atoms. The summed E-state index contributed by atoms with van der Waals surface area (Å²) in [4.78, 5) is 25.8. The summed E-state index contributed by atoms with van der Waals surface area (Å²) in [6, 6.07) is 12.4. The van der Waals surface area contributed by atoms with Crippen molar-refractivity contribution < 1.29 is 23.5 Å². The Balaban J connectivity index is 1.61. The molecule has 7 heteroatoms. The van der Waals surface area contributed by atoms with Crippen LogP contribution in [0.15, 0.2) is 48.5 Å². The zero-order valence-electron chi connectivity index (χ0n) is 14.3. The second-order valence-electron chi connectivity index (χ2n) is 5.91. The highest BCUT2D eigenvalue weighted by Crippen LogP contribution is 2.18. The lowest BCUT2D eigenvalue weighted by molar-refractivity contribution is -0.125. The second-order valence-corrected chi connectivity index (χ2v) is 5.91. The van der Waals surface area contributed by atoms with E-state index in [2.05, 4.69) is 5.32 Å². The van der Waals surface area contributed by atoms with E-state index in [0.717, 1.165) is 16.9 Å². The highest BCUT2D eigenvalue weighted by atomic mass is 19.1. The Hall–Kier alpha value is -3.09. The van der Waals surface area contributed by atoms with Gasteiger partial charge in [0, 0.05) is 6.54 Å². The third kappa shape index (κ3) is 4.11. The van der Waals surface area contributed by atoms with Crippen molar-refractivity contribution in [1.82, 2.24) is 10.2 Å². The lowest BCUT2D eigenvalue weighted by Gasteiger charge is -2.21. The minimum absolute atomic E-state index is 0.00548. The minimum atomic E-state index is -0.717. The number of methoxy groups -OCH3 is 1. The monoisotopic (exact) mass is 358 g/mol. The van der Waals surface area contributed by atoms with Crippen molar-refractivity contribution in [1.29, 1.82) is 0 Å². The Kier molecular flexibility index (Phi) is 5.36. The number of halogens is 1. The molecule has 1 fully saturated rings. The average Bonchev–Trinajstić information content (AvgIpc) is 3.02. The molecule has 1 aliphatic rings. The van der Waals surface area contributed by atoms with Crippen molar-refractivity contribution in [2.45, 2.75) is 19.1 Å². The van der Waals surface area contributed by atoms with Gasteiger partial charge in [-0.3, -0.25) is 9.69 Å². The van der Waals surface area contributed by atoms with E-state index >= 15 is 0 Å². The smallest absolute Gasteiger partial charge is 0.410 e. The van der Waals surface area contributed by atoms with Crippen LogP contribution in [-0.2, 0) is 22.6 Å². The fourth-order valence-corrected chi connectivity index (χ4v) is 2.68. The molecule has 1 N–H and O–H groups in total. The van der Waals surface area contributed by atoms with Crippen LogP contribution in [0, 0.1) is 5.82 Å². The summed E-state index contributed by atoms with van der Waals surface area (Å²) in [6.07, 6.45) is -0.557. The van der Waals surface area contributed by atoms with Crippen LogP contribution >= 0.6 is 0 Å². The number of carbonyl (C=O) groups excluding carboxylic acids is 2. The first-order valence-electron chi connectivity index (χ1n) is 8.15. The first kappa shape index (κ1) is 17.7. The topological polar surface area (TPSA) is 67.9 Å². The number of benzene rings is 2. The van der Waals surface area contributed by atoms with Crippen molar-refractivity contribution in [3.05, 3.63) is 65.5 Å². The maximum Gasteiger partial charge on any atom is 0.410 e. The van der Waals surface area contributed by atoms with Gasteiger partial charge in [0.05, 0.1) is 13.7 Å². The third-order valence-corrected chi connectivity index (χ3v) is 4.17. The molecule has 0 unspecified atom stereocenters. The minimum Gasteiger partial charge on any atom is -0.497 e. The Morgan fingerprint density at radius 1 is 1.19 bits per heavy atom. The van der Waals surface area contributed by atoms with Gasteiger partial charge in [-0.25, -0.2) is 9.18 Å². The molecule has 2 aromatic rings. The summed E-state index contributed by atoms with van der Waals surface area (Å²) in [6.45, 7) is 0.506. The quantitative estimate of drug-likeness (QED) is 0.861. The molecule has 0 bridgehead atoms. The Bertz CT molecular complexity index is 777. The van der Waals surface area contributed by atoms with Crippen molar-refractivity contribution in [3.8, 4) is 5.75 Å². The van der Waals surface area contributed by atoms with Crippen LogP contribution in [-0.4, -0.2) is 36.7 Å². The first-order valence-corrected chi connectivity index (χ1v) is 8.15. The van der Waals surface area contributed by atoms with Crippen LogP contribution in [0.1, 0.15) is 11.1 Å². The SMILES string of the molecule is COc1ccc(CNC(=O)[C@@H]2COC(=O)N2Cc2ccc(F)cc2)cc1. The number of carbonyl (C=O) groups is 2. The van der Waals surface area contributed by atoms with E-state index in [0.29, 0.717) is 6.54 Å². The van der Waals surface area contributed by atoms with Crippen LogP contribution in [0.25, 0.3) is 0 Å². The normalized spacial score (nSPS) is 16.3. The van der Waals surface area contributed by atoms with Gasteiger partial charge >= 0.3 is 6.09 Å². The number of rotatable bonds is 6. The van der Waals surface area contributed by atoms with Gasteiger partial charge in [0.25, 0.3) is 0 Å². The van der Waals surface area contributed by atoms with Crippen molar-refractivity contribution in [2.75, 3.05) is 13.7 Å². The molecule has 0 aromatic heterocycles. The molecular weight excluding hydrogens is 339 g/mol. The molecule has 2 amide bonds. The molecule has 0 saturated carbocycles. The van der Waals surface area contributed by atoms with Crippen molar-refractivity contribution in [2.24, 2.45) is 0 Å². The summed E-state index contributed by atoms with van der Waals surface area (Å²) in [5, 5.41) is 2.81. The predicted octanol–water partition coefficient (Wildman–Crippen LogP) is 2.47. The molecule has 1 heterocycles. The summed E-state index contributed by atoms with van der Waals surface area (Å²) >= 11 is 0. The van der Waals surface area contributed by atoms with Gasteiger partial charge in [-0.2, -0.15) is 0 Å². The maximum atomic E-state index is 13.0. The molecule has 1 saturated heterocycles. The van der Waals surface area contributed by atoms with Crippen LogP contribution in [0.2, 0.25) is 0 Å². The summed E-state index contributed by atoms with van der Waals surface area (Å²) in [5.41, 5.74) is 1.63. The predicted molar refractivity (Wildman–Crippen MR) is 91.9 cm³/mol. The lowest BCUT2D eigenvalue weighted by Crippen LogP contribution is -2.45. The number of amides is 2. The molecule has 1 aliphatic heterocycles. The Labute approximate surface area is 150 Å². The second kappa shape index (κ2) is 7.86. The highest BCUT2D eigenvalue weighted by molar-refractivity contribution is 5.87. The van der Waals surface area contributed by atoms with Gasteiger partial charge in [0.1, 0.15) is 24.2 Å². The standard InChI is InChI=1S/C19H19FN2O4/c1-25-16-8-4-13(5-9-16)10-21-18(23)17-12-26-19(24)22(17)11-14-2-6-15(20)7-3-14/h2-9,17H,10-12H2,1H3,(H,21,23)/t17-/m0/s1. The summed E-state index contributed by atoms with van der Waals surface area (Å²) < 4.78 is 23.1. The fourth-order valence-electron chi connectivity index (χ4n) is 2.68. The molecule has 0 radical (unpaired) electrons. The molecule has 2 aromatic carbocycles. The number of hydrogen-bond acceptors (Lipinski definition) is 4. The Morgan fingerprint density at radius 2 is 1.85 bits per heavy atom. The molecular formula is C19H19FN2O4. The Morgan fingerprint density at radius 3 is 2.50 bits per heavy atom. The average molecular weight is 358 g/mol. The van der Waals surface area contributed by atoms with Crippen molar-refractivity contribution in [3.63, 3.8) is 0 Å². The third-order valence-electron chi connectivity index (χ3n) is 4.17. The molecule has 3 rings (SSSR count). The van der Waals surface area contributed by atoms with Crippen LogP contribution in [0.3, 0.4) is 0 Å². The van der Waals surface area contributed by atoms with E-state index in [1.807, 2.05) is 24.3 Å². The molecule has 0 spiro atoms. The zero-order valence-corrected chi connectivity index (χ0v) is 14.3. The number of nitrogens with zero attached hydrogens (tertiary/aromatic N) is 1. The maximum absolute atomic E-state index is 13.0. The van der Waals surface area contributed by atoms with Crippen molar-refractivity contribution >= 4 is 12.0 Å². The van der Waals surface area contributed by atoms with Gasteiger partial charge in [-0.15, -0.1) is 0 Å². The first-order chi connectivity index (χ1) is 12.6. The van der Waals surface area contributed by atoms with E-state index in [9.17, 15) is 14.0 Å². The van der Waals surface area contributed by atoms with Gasteiger partial charge in [0.2, 0.25) is 5.91 Å². The molecule has 136 valence electrons. The van der Waals surface area contributed by atoms with Gasteiger partial charge in [0.15, 0.2) is 0 Å². The molecule has 1 atom stereocenters. The van der Waals surface area contributed by atoms with Gasteiger partial charge in [-0.05, 0) is 35.4 Å². The van der Waals surface area contributed by atoms with Crippen LogP contribution in [0.4, 0.5) is 9.18 Å². The van der Waals surface area contributed by atoms with Gasteiger partial charge in [-0.1, -0.05) is 24.3 Å². The van der Waals surface area contributed by atoms with Crippen LogP contribution in [0.5, 0.6) is 5.75 Å². The number of hydrogen-bond donors (Lipinski definition) is 1. The van der Waals surface area contributed by atoms with Gasteiger partial charge < -0.3 is 14.8 Å². The summed E-state index contributed by atoms with van der Waals surface area (Å²) in [7, 11) is 1.59. The van der Waals surface area contributed by atoms with Crippen LogP contribution < -0.4 is 10.1 Å². The number of cyclic esters (lactones) is 1. The lowest BCUT2D eigenvalue weighted by atomic mass is 10.1. The number of nitrogens with one attached hydrogen (secondary N) is 1.